The number of fused-ring (bicyclic) bond motifs is 3. The van der Waals surface area contributed by atoms with Crippen molar-refractivity contribution in [3.8, 4) is 11.3 Å². The molecule has 0 saturated carbocycles. The first kappa shape index (κ1) is 14.3. The van der Waals surface area contributed by atoms with Crippen molar-refractivity contribution in [3.63, 3.8) is 0 Å². The predicted molar refractivity (Wildman–Crippen MR) is 95.1 cm³/mol. The molecular weight excluding hydrogens is 378 g/mol. The number of benzene rings is 2. The van der Waals surface area contributed by atoms with Crippen LogP contribution in [0, 0.1) is 17.0 Å². The number of hydrogen-bond donors (Lipinski definition) is 0. The molecule has 114 valence electrons. The van der Waals surface area contributed by atoms with Crippen molar-refractivity contribution in [1.82, 2.24) is 9.38 Å². The van der Waals surface area contributed by atoms with E-state index in [-0.39, 0.29) is 10.6 Å². The summed E-state index contributed by atoms with van der Waals surface area (Å²) < 4.78 is 3.95. The Morgan fingerprint density at radius 3 is 2.65 bits per heavy atom. The van der Waals surface area contributed by atoms with Gasteiger partial charge in [-0.2, -0.15) is 0 Å². The van der Waals surface area contributed by atoms with Gasteiger partial charge in [-0.05, 0) is 25.1 Å². The fourth-order valence-electron chi connectivity index (χ4n) is 2.69. The van der Waals surface area contributed by atoms with Gasteiger partial charge in [0.25, 0.3) is 5.69 Å². The van der Waals surface area contributed by atoms with Gasteiger partial charge in [0.15, 0.2) is 4.96 Å². The van der Waals surface area contributed by atoms with Crippen LogP contribution in [0.5, 0.6) is 0 Å². The highest BCUT2D eigenvalue weighted by atomic mass is 79.9. The number of halogens is 1. The van der Waals surface area contributed by atoms with Gasteiger partial charge in [-0.1, -0.05) is 39.4 Å². The zero-order valence-corrected chi connectivity index (χ0v) is 14.4. The lowest BCUT2D eigenvalue weighted by Crippen LogP contribution is -1.89. The molecule has 0 aliphatic heterocycles. The van der Waals surface area contributed by atoms with E-state index in [0.29, 0.717) is 0 Å². The zero-order chi connectivity index (χ0) is 16.1. The highest BCUT2D eigenvalue weighted by molar-refractivity contribution is 9.10. The zero-order valence-electron chi connectivity index (χ0n) is 12.0. The van der Waals surface area contributed by atoms with E-state index in [1.807, 2.05) is 31.2 Å². The maximum Gasteiger partial charge on any atom is 0.270 e. The molecule has 0 spiro atoms. The second kappa shape index (κ2) is 5.14. The Morgan fingerprint density at radius 1 is 1.22 bits per heavy atom. The third-order valence-corrected chi connectivity index (χ3v) is 5.32. The number of aromatic nitrogens is 2. The molecule has 4 aromatic rings. The fourth-order valence-corrected chi connectivity index (χ4v) is 4.06. The van der Waals surface area contributed by atoms with Crippen molar-refractivity contribution in [2.75, 3.05) is 0 Å². The Labute approximate surface area is 143 Å². The first-order chi connectivity index (χ1) is 11.0. The van der Waals surface area contributed by atoms with Gasteiger partial charge in [0.2, 0.25) is 0 Å². The monoisotopic (exact) mass is 387 g/mol. The first-order valence-electron chi connectivity index (χ1n) is 6.86. The van der Waals surface area contributed by atoms with Gasteiger partial charge < -0.3 is 0 Å². The average Bonchev–Trinajstić information content (AvgIpc) is 3.04. The van der Waals surface area contributed by atoms with Crippen molar-refractivity contribution in [1.29, 1.82) is 0 Å². The number of imidazole rings is 1. The summed E-state index contributed by atoms with van der Waals surface area (Å²) >= 11 is 4.90. The maximum absolute atomic E-state index is 10.9. The van der Waals surface area contributed by atoms with Gasteiger partial charge in [0.1, 0.15) is 0 Å². The Bertz CT molecular complexity index is 1070. The summed E-state index contributed by atoms with van der Waals surface area (Å²) in [6, 6.07) is 13.0. The Kier molecular flexibility index (Phi) is 3.21. The predicted octanol–water partition coefficient (Wildman–Crippen LogP) is 5.20. The van der Waals surface area contributed by atoms with Crippen LogP contribution < -0.4 is 0 Å². The SMILES string of the molecule is Cc1c(-c2ccc(Br)cc2)nc2sc3cc([N+](=O)[O-])ccc3n12. The molecule has 0 N–H and O–H groups in total. The maximum atomic E-state index is 10.9. The summed E-state index contributed by atoms with van der Waals surface area (Å²) in [6.45, 7) is 2.02. The smallest absolute Gasteiger partial charge is 0.270 e. The van der Waals surface area contributed by atoms with E-state index in [1.165, 1.54) is 17.4 Å². The minimum atomic E-state index is -0.373. The van der Waals surface area contributed by atoms with Gasteiger partial charge in [-0.25, -0.2) is 4.98 Å². The van der Waals surface area contributed by atoms with E-state index >= 15 is 0 Å². The second-order valence-corrected chi connectivity index (χ2v) is 7.11. The summed E-state index contributed by atoms with van der Waals surface area (Å²) in [5.74, 6) is 0. The van der Waals surface area contributed by atoms with Crippen molar-refractivity contribution in [2.45, 2.75) is 6.92 Å². The topological polar surface area (TPSA) is 60.4 Å². The Balaban J connectivity index is 1.95. The number of non-ortho nitro benzene ring substituents is 1. The summed E-state index contributed by atoms with van der Waals surface area (Å²) in [5.41, 5.74) is 4.07. The summed E-state index contributed by atoms with van der Waals surface area (Å²) in [4.78, 5) is 16.1. The number of aryl methyl sites for hydroxylation is 1. The normalized spacial score (nSPS) is 11.4. The lowest BCUT2D eigenvalue weighted by molar-refractivity contribution is -0.384. The number of nitrogens with zero attached hydrogens (tertiary/aromatic N) is 3. The summed E-state index contributed by atoms with van der Waals surface area (Å²) in [7, 11) is 0. The molecule has 2 aromatic heterocycles. The molecule has 5 nitrogen and oxygen atoms in total. The van der Waals surface area contributed by atoms with Crippen molar-refractivity contribution >= 4 is 48.1 Å². The number of hydrogen-bond acceptors (Lipinski definition) is 4. The van der Waals surface area contributed by atoms with Crippen LogP contribution in [0.1, 0.15) is 5.69 Å². The first-order valence-corrected chi connectivity index (χ1v) is 8.47. The van der Waals surface area contributed by atoms with Crippen LogP contribution in [0.15, 0.2) is 46.9 Å². The van der Waals surface area contributed by atoms with Gasteiger partial charge in [-0.15, -0.1) is 0 Å². The number of nitro groups is 1. The minimum Gasteiger partial charge on any atom is -0.287 e. The molecule has 0 radical (unpaired) electrons. The Morgan fingerprint density at radius 2 is 1.96 bits per heavy atom. The molecule has 7 heteroatoms. The molecule has 0 fully saturated rings. The molecule has 0 atom stereocenters. The Hall–Kier alpha value is -2.25. The van der Waals surface area contributed by atoms with Gasteiger partial charge in [0.05, 0.1) is 20.8 Å². The van der Waals surface area contributed by atoms with E-state index in [0.717, 1.165) is 36.6 Å². The molecule has 0 amide bonds. The molecule has 0 unspecified atom stereocenters. The van der Waals surface area contributed by atoms with Crippen LogP contribution >= 0.6 is 27.3 Å². The van der Waals surface area contributed by atoms with Crippen molar-refractivity contribution in [2.24, 2.45) is 0 Å². The van der Waals surface area contributed by atoms with E-state index in [2.05, 4.69) is 20.3 Å². The summed E-state index contributed by atoms with van der Waals surface area (Å²) in [5, 5.41) is 10.9. The van der Waals surface area contributed by atoms with E-state index in [4.69, 9.17) is 4.98 Å². The third-order valence-electron chi connectivity index (χ3n) is 3.79. The van der Waals surface area contributed by atoms with Crippen LogP contribution in [0.3, 0.4) is 0 Å². The number of thiazole rings is 1. The van der Waals surface area contributed by atoms with Gasteiger partial charge in [-0.3, -0.25) is 14.5 Å². The lowest BCUT2D eigenvalue weighted by Gasteiger charge is -2.00. The lowest BCUT2D eigenvalue weighted by atomic mass is 10.1. The van der Waals surface area contributed by atoms with Crippen LogP contribution in [-0.4, -0.2) is 14.3 Å². The third kappa shape index (κ3) is 2.24. The highest BCUT2D eigenvalue weighted by Gasteiger charge is 2.17. The molecule has 2 heterocycles. The van der Waals surface area contributed by atoms with E-state index in [9.17, 15) is 10.1 Å². The van der Waals surface area contributed by atoms with Gasteiger partial charge in [0, 0.05) is 27.9 Å². The molecule has 4 rings (SSSR count). The average molecular weight is 388 g/mol. The largest absolute Gasteiger partial charge is 0.287 e. The molecular formula is C16H10BrN3O2S. The van der Waals surface area contributed by atoms with Crippen molar-refractivity contribution in [3.05, 3.63) is 62.7 Å². The fraction of sp³-hybridized carbons (Fsp3) is 0.0625. The summed E-state index contributed by atoms with van der Waals surface area (Å²) in [6.07, 6.45) is 0. The van der Waals surface area contributed by atoms with Crippen LogP contribution in [0.2, 0.25) is 0 Å². The standard InChI is InChI=1S/C16H10BrN3O2S/c1-9-15(10-2-4-11(17)5-3-10)18-16-19(9)13-7-6-12(20(21)22)8-14(13)23-16/h2-8H,1H3. The van der Waals surface area contributed by atoms with E-state index < -0.39 is 0 Å². The minimum absolute atomic E-state index is 0.104. The van der Waals surface area contributed by atoms with E-state index in [1.54, 1.807) is 12.1 Å². The number of rotatable bonds is 2. The van der Waals surface area contributed by atoms with Crippen LogP contribution in [-0.2, 0) is 0 Å². The molecule has 0 aliphatic carbocycles. The highest BCUT2D eigenvalue weighted by Crippen LogP contribution is 2.34. The molecule has 0 saturated heterocycles. The van der Waals surface area contributed by atoms with Gasteiger partial charge >= 0.3 is 0 Å². The molecule has 0 bridgehead atoms. The van der Waals surface area contributed by atoms with Crippen molar-refractivity contribution < 1.29 is 4.92 Å². The molecule has 23 heavy (non-hydrogen) atoms. The molecule has 0 aliphatic rings. The number of nitro benzene ring substituents is 1. The van der Waals surface area contributed by atoms with Crippen LogP contribution in [0.4, 0.5) is 5.69 Å². The molecule has 2 aromatic carbocycles. The quantitative estimate of drug-likeness (QED) is 0.351. The van der Waals surface area contributed by atoms with Crippen LogP contribution in [0.25, 0.3) is 26.4 Å². The second-order valence-electron chi connectivity index (χ2n) is 5.18.